The third-order valence-electron chi connectivity index (χ3n) is 26.9. The van der Waals surface area contributed by atoms with E-state index in [1.54, 1.807) is 14.7 Å². The van der Waals surface area contributed by atoms with Gasteiger partial charge in [-0.2, -0.15) is 53.0 Å². The van der Waals surface area contributed by atoms with Gasteiger partial charge in [-0.1, -0.05) is 134 Å². The number of nitrogens with one attached hydrogen (secondary N) is 2. The smallest absolute Gasteiger partial charge is 0.409 e. The van der Waals surface area contributed by atoms with Gasteiger partial charge in [-0.05, 0) is 194 Å². The van der Waals surface area contributed by atoms with Crippen molar-refractivity contribution in [1.82, 2.24) is 37.9 Å². The summed E-state index contributed by atoms with van der Waals surface area (Å²) in [6.45, 7) is 4.99. The van der Waals surface area contributed by atoms with Crippen LogP contribution in [0.3, 0.4) is 0 Å². The predicted octanol–water partition coefficient (Wildman–Crippen LogP) is 14.0. The summed E-state index contributed by atoms with van der Waals surface area (Å²) in [4.78, 5) is 80.9. The van der Waals surface area contributed by atoms with Crippen molar-refractivity contribution in [3.05, 3.63) is 200 Å². The van der Waals surface area contributed by atoms with E-state index >= 15 is 0 Å². The number of carbonyl (C=O) groups is 6. The number of halogens is 2. The van der Waals surface area contributed by atoms with Crippen molar-refractivity contribution < 1.29 is 56.1 Å². The highest BCUT2D eigenvalue weighted by Gasteiger charge is 2.63. The number of fused-ring (bicyclic) bond motifs is 18. The Hall–Kier alpha value is -9.41. The molecule has 574 valence electrons. The molecule has 12 atom stereocenters. The van der Waals surface area contributed by atoms with Gasteiger partial charge >= 0.3 is 30.4 Å². The van der Waals surface area contributed by atoms with E-state index in [1.165, 1.54) is 64.5 Å². The summed E-state index contributed by atoms with van der Waals surface area (Å²) in [5, 5.41) is 30.9. The first-order chi connectivity index (χ1) is 53.0. The molecule has 26 nitrogen and oxygen atoms in total. The summed E-state index contributed by atoms with van der Waals surface area (Å²) in [5.41, 5.74) is 9.41. The van der Waals surface area contributed by atoms with Crippen LogP contribution >= 0.6 is 23.6 Å². The fourth-order valence-electron chi connectivity index (χ4n) is 21.8. The van der Waals surface area contributed by atoms with E-state index in [-0.39, 0.29) is 47.9 Å². The largest absolute Gasteiger partial charge is 0.453 e. The second-order valence-corrected chi connectivity index (χ2v) is 34.1. The standard InChI is InChI=1S/C38H42N6O6S.C38H40N6O4.C5H6Cl2N2O2/c1-49-34(45)43-19-17-37(29-13-6-4-10-25(29)22-32(37)43)40-39-31-15-7-14-30-27(31)23-33-38(30,18-20-44(33)35(46)50-2)42-51(47,48)41-36-16-8-11-26(36)21-24-9-3-5-12-28(24)36;1-47-34(45)43-19-17-37(29-13-6-4-10-25(29)22-32(37)43)40-39-31-15-7-14-30-27(31)23-33-38(30,18-20-44(33)35(46)48-2)42-41-36-16-8-11-26(36)21-24-9-3-5-12-28(24)36;1-5(2)3(10)8(6)4(11)9(5)7/h3-7,9-10,12-15,26,32-33,41-42H,8,11,16-23H2,1-2H3;3-7,9-10,12-15,26,32-33H,8,11,16-23H2,1-2H3;1-2H3/t2*26?,32?,33?,36-,37-,38-;/m00./s1. The molecular weight excluding hydrogens is 1460 g/mol. The zero-order chi connectivity index (χ0) is 76.7. The maximum Gasteiger partial charge on any atom is 0.409 e. The van der Waals surface area contributed by atoms with Crippen LogP contribution in [0.25, 0.3) is 0 Å². The average Bonchev–Trinajstić information content (AvgIpc) is 1.54. The van der Waals surface area contributed by atoms with Crippen LogP contribution in [0.1, 0.15) is 145 Å². The molecule has 6 aromatic rings. The number of rotatable bonds is 10. The summed E-state index contributed by atoms with van der Waals surface area (Å²) in [6.07, 6.45) is 10.9. The van der Waals surface area contributed by atoms with Crippen LogP contribution in [0.5, 0.6) is 0 Å². The number of hydrogen-bond acceptors (Lipinski definition) is 18. The molecule has 29 heteroatoms. The first kappa shape index (κ1) is 73.4. The zero-order valence-corrected chi connectivity index (χ0v) is 64.6. The minimum absolute atomic E-state index is 0.162. The van der Waals surface area contributed by atoms with Crippen molar-refractivity contribution in [2.75, 3.05) is 54.6 Å². The number of nitrogens with zero attached hydrogens (tertiary/aromatic N) is 12. The molecular formula is C81H88Cl2N14O12S. The molecule has 6 unspecified atom stereocenters. The van der Waals surface area contributed by atoms with Gasteiger partial charge in [0.1, 0.15) is 27.7 Å². The minimum atomic E-state index is -4.10. The number of amides is 7. The van der Waals surface area contributed by atoms with Gasteiger partial charge in [0.05, 0.1) is 75.1 Å². The number of imide groups is 1. The summed E-state index contributed by atoms with van der Waals surface area (Å²) < 4.78 is 57.3. The van der Waals surface area contributed by atoms with E-state index in [1.807, 2.05) is 71.6 Å². The molecule has 0 spiro atoms. The molecule has 6 aromatic carbocycles. The number of hydrogen-bond donors (Lipinski definition) is 2. The lowest BCUT2D eigenvalue weighted by atomic mass is 9.86. The monoisotopic (exact) mass is 1550 g/mol. The summed E-state index contributed by atoms with van der Waals surface area (Å²) >= 11 is 10.8. The van der Waals surface area contributed by atoms with Gasteiger partial charge in [-0.15, -0.1) is 0 Å². The van der Waals surface area contributed by atoms with Gasteiger partial charge in [-0.3, -0.25) is 4.79 Å². The fraction of sp³-hybridized carbons (Fsp3) is 0.481. The molecule has 0 aromatic heterocycles. The third-order valence-corrected chi connectivity index (χ3v) is 29.0. The maximum atomic E-state index is 14.5. The molecule has 2 N–H and O–H groups in total. The first-order valence-electron chi connectivity index (χ1n) is 38.1. The lowest BCUT2D eigenvalue weighted by molar-refractivity contribution is -0.127. The summed E-state index contributed by atoms with van der Waals surface area (Å²) in [7, 11) is 1.51. The second kappa shape index (κ2) is 27.2. The number of benzene rings is 6. The zero-order valence-electron chi connectivity index (χ0n) is 62.2. The van der Waals surface area contributed by atoms with Crippen molar-refractivity contribution in [1.29, 1.82) is 0 Å². The summed E-state index contributed by atoms with van der Waals surface area (Å²) in [5.74, 6) is 0.122. The topological polar surface area (TPSA) is 291 Å². The van der Waals surface area contributed by atoms with Crippen molar-refractivity contribution in [2.24, 2.45) is 42.5 Å². The number of urea groups is 1. The van der Waals surface area contributed by atoms with Gasteiger partial charge in [0.25, 0.3) is 16.1 Å². The first-order valence-corrected chi connectivity index (χ1v) is 40.2. The van der Waals surface area contributed by atoms with Gasteiger partial charge in [0.15, 0.2) is 0 Å². The molecule has 2 saturated carbocycles. The summed E-state index contributed by atoms with van der Waals surface area (Å²) in [6, 6.07) is 43.4. The molecule has 110 heavy (non-hydrogen) atoms. The highest BCUT2D eigenvalue weighted by molar-refractivity contribution is 7.87. The molecule has 0 radical (unpaired) electrons. The fourth-order valence-corrected chi connectivity index (χ4v) is 24.0. The van der Waals surface area contributed by atoms with Crippen LogP contribution in [0.15, 0.2) is 164 Å². The van der Waals surface area contributed by atoms with Crippen LogP contribution in [-0.2, 0) is 106 Å². The average molecular weight is 1550 g/mol. The molecule has 13 aliphatic rings. The number of azo groups is 3. The van der Waals surface area contributed by atoms with E-state index in [0.717, 1.165) is 106 Å². The van der Waals surface area contributed by atoms with Crippen LogP contribution < -0.4 is 9.44 Å². The molecule has 8 aliphatic carbocycles. The predicted molar refractivity (Wildman–Crippen MR) is 405 cm³/mol. The number of methoxy groups -OCH3 is 4. The van der Waals surface area contributed by atoms with Crippen LogP contribution in [0.2, 0.25) is 0 Å². The lowest BCUT2D eigenvalue weighted by Gasteiger charge is -2.37. The minimum Gasteiger partial charge on any atom is -0.453 e. The van der Waals surface area contributed by atoms with Gasteiger partial charge in [-0.25, -0.2) is 28.4 Å². The van der Waals surface area contributed by atoms with E-state index in [9.17, 15) is 37.2 Å². The Morgan fingerprint density at radius 2 is 0.818 bits per heavy atom. The van der Waals surface area contributed by atoms with Crippen molar-refractivity contribution >= 4 is 81.4 Å². The van der Waals surface area contributed by atoms with Crippen molar-refractivity contribution in [3.8, 4) is 0 Å². The number of carbonyl (C=O) groups excluding carboxylic acids is 6. The Balaban J connectivity index is 0.000000141. The molecule has 7 amide bonds. The molecule has 5 saturated heterocycles. The molecule has 7 fully saturated rings. The highest BCUT2D eigenvalue weighted by Crippen LogP contribution is 2.60. The highest BCUT2D eigenvalue weighted by atomic mass is 35.5. The Bertz CT molecular complexity index is 5030. The van der Waals surface area contributed by atoms with Gasteiger partial charge in [0.2, 0.25) is 0 Å². The van der Waals surface area contributed by atoms with Gasteiger partial charge < -0.3 is 38.5 Å². The quantitative estimate of drug-likeness (QED) is 0.0560. The number of ether oxygens (including phenoxy) is 4. The second-order valence-electron chi connectivity index (χ2n) is 32.0. The molecule has 5 heterocycles. The Morgan fingerprint density at radius 1 is 0.427 bits per heavy atom. The number of likely N-dealkylation sites (tertiary alicyclic amines) is 4. The Morgan fingerprint density at radius 3 is 1.33 bits per heavy atom. The lowest BCUT2D eigenvalue weighted by Crippen LogP contribution is -2.59. The van der Waals surface area contributed by atoms with E-state index < -0.39 is 67.5 Å². The Kier molecular flexibility index (Phi) is 18.2. The van der Waals surface area contributed by atoms with E-state index in [2.05, 4.69) is 76.2 Å². The van der Waals surface area contributed by atoms with Crippen molar-refractivity contribution in [2.45, 2.75) is 180 Å². The van der Waals surface area contributed by atoms with Gasteiger partial charge in [0, 0.05) is 49.7 Å². The van der Waals surface area contributed by atoms with E-state index in [4.69, 9.17) is 73.2 Å². The SMILES string of the molecule is CC1(C)C(=O)N(Cl)C(=O)N1Cl.COC(=O)N1CC[C@]2(N=Nc3cccc4c3CC3N(C(=O)OC)CC[C@]43N=N[C@@]34CCCC3Cc3ccccc34)c3ccccc3CC12.COC(=O)N1CC[C@]2(N=Nc3cccc4c3CC3N(C(=O)OC)CC[C@]43NS(=O)(=O)N[C@@]34CCCC3Cc3ccccc34)c3ccccc3CC12. The van der Waals surface area contributed by atoms with Crippen LogP contribution in [-0.4, -0.2) is 157 Å². The normalized spacial score (nSPS) is 30.9. The molecule has 5 aliphatic heterocycles. The third kappa shape index (κ3) is 11.0. The van der Waals surface area contributed by atoms with Crippen molar-refractivity contribution in [3.63, 3.8) is 0 Å². The van der Waals surface area contributed by atoms with Crippen LogP contribution in [0.4, 0.5) is 35.3 Å². The van der Waals surface area contributed by atoms with Crippen LogP contribution in [0, 0.1) is 11.8 Å². The molecule has 0 bridgehead atoms. The Labute approximate surface area is 648 Å². The molecule has 19 rings (SSSR count). The maximum absolute atomic E-state index is 14.5. The van der Waals surface area contributed by atoms with E-state index in [0.29, 0.717) is 93.6 Å².